The summed E-state index contributed by atoms with van der Waals surface area (Å²) in [6, 6.07) is 17.0. The number of nitrogens with zero attached hydrogens (tertiary/aromatic N) is 1. The Hall–Kier alpha value is -2.86. The van der Waals surface area contributed by atoms with Crippen LogP contribution in [0.1, 0.15) is 17.3 Å². The molecule has 0 saturated carbocycles. The van der Waals surface area contributed by atoms with Crippen LogP contribution in [0.15, 0.2) is 64.4 Å². The van der Waals surface area contributed by atoms with Crippen LogP contribution in [0, 0.1) is 0 Å². The first-order chi connectivity index (χ1) is 12.1. The van der Waals surface area contributed by atoms with E-state index in [1.807, 2.05) is 43.3 Å². The Kier molecular flexibility index (Phi) is 3.89. The number of hydrogen-bond donors (Lipinski definition) is 2. The van der Waals surface area contributed by atoms with Crippen molar-refractivity contribution in [1.29, 1.82) is 0 Å². The summed E-state index contributed by atoms with van der Waals surface area (Å²) >= 11 is 1.43. The summed E-state index contributed by atoms with van der Waals surface area (Å²) in [5.41, 5.74) is 2.54. The van der Waals surface area contributed by atoms with Crippen molar-refractivity contribution in [3.63, 3.8) is 0 Å². The van der Waals surface area contributed by atoms with Crippen molar-refractivity contribution in [3.05, 3.63) is 70.6 Å². The van der Waals surface area contributed by atoms with Crippen LogP contribution in [0.3, 0.4) is 0 Å². The second kappa shape index (κ2) is 6.22. The third-order valence-corrected chi connectivity index (χ3v) is 5.08. The first kappa shape index (κ1) is 15.7. The highest BCUT2D eigenvalue weighted by Crippen LogP contribution is 2.26. The zero-order valence-corrected chi connectivity index (χ0v) is 14.3. The molecule has 0 bridgehead atoms. The molecular formula is C19H15N3O2S. The molecule has 0 spiro atoms. The van der Waals surface area contributed by atoms with Gasteiger partial charge in [-0.25, -0.2) is 9.78 Å². The predicted molar refractivity (Wildman–Crippen MR) is 100 cm³/mol. The van der Waals surface area contributed by atoms with Crippen LogP contribution in [-0.4, -0.2) is 26.0 Å². The maximum absolute atomic E-state index is 12.7. The molecule has 2 aromatic heterocycles. The van der Waals surface area contributed by atoms with E-state index in [4.69, 9.17) is 0 Å². The number of nitrogens with one attached hydrogen (secondary N) is 2. The Morgan fingerprint density at radius 3 is 2.72 bits per heavy atom. The van der Waals surface area contributed by atoms with Crippen LogP contribution in [0.25, 0.3) is 21.9 Å². The van der Waals surface area contributed by atoms with Crippen molar-refractivity contribution in [2.75, 3.05) is 0 Å². The van der Waals surface area contributed by atoms with Gasteiger partial charge in [0.2, 0.25) is 0 Å². The molecule has 0 aliphatic heterocycles. The lowest BCUT2D eigenvalue weighted by Crippen LogP contribution is -2.13. The predicted octanol–water partition coefficient (Wildman–Crippen LogP) is 3.77. The third-order valence-electron chi connectivity index (χ3n) is 4.04. The normalized spacial score (nSPS) is 12.5. The molecule has 1 atom stereocenters. The molecule has 4 rings (SSSR count). The quantitative estimate of drug-likeness (QED) is 0.434. The van der Waals surface area contributed by atoms with Crippen LogP contribution in [-0.2, 0) is 0 Å². The maximum atomic E-state index is 12.7. The van der Waals surface area contributed by atoms with Gasteiger partial charge in [0.1, 0.15) is 0 Å². The van der Waals surface area contributed by atoms with Gasteiger partial charge in [-0.2, -0.15) is 0 Å². The van der Waals surface area contributed by atoms with E-state index in [1.54, 1.807) is 18.2 Å². The molecule has 0 fully saturated rings. The lowest BCUT2D eigenvalue weighted by Gasteiger charge is -2.10. The van der Waals surface area contributed by atoms with E-state index < -0.39 is 0 Å². The van der Waals surface area contributed by atoms with Gasteiger partial charge in [-0.1, -0.05) is 36.0 Å². The van der Waals surface area contributed by atoms with E-state index in [2.05, 4.69) is 15.0 Å². The summed E-state index contributed by atoms with van der Waals surface area (Å²) in [7, 11) is 0. The standard InChI is InChI=1S/C19H15N3O2S/c1-11(25-17-9-7-12-4-2-3-5-14(12)20-17)18(23)13-6-8-15-16(10-13)22-19(24)21-15/h2-11H,1H3,(H2,21,22,24)/t11-/m0/s1. The molecule has 0 saturated heterocycles. The van der Waals surface area contributed by atoms with Crippen molar-refractivity contribution in [3.8, 4) is 0 Å². The second-order valence-corrected chi connectivity index (χ2v) is 7.17. The van der Waals surface area contributed by atoms with E-state index in [0.29, 0.717) is 16.6 Å². The topological polar surface area (TPSA) is 78.6 Å². The number of H-pyrrole nitrogens is 2. The molecular weight excluding hydrogens is 334 g/mol. The van der Waals surface area contributed by atoms with Crippen LogP contribution >= 0.6 is 11.8 Å². The molecule has 124 valence electrons. The van der Waals surface area contributed by atoms with Crippen LogP contribution in [0.2, 0.25) is 0 Å². The van der Waals surface area contributed by atoms with Gasteiger partial charge >= 0.3 is 5.69 Å². The molecule has 0 radical (unpaired) electrons. The van der Waals surface area contributed by atoms with Gasteiger partial charge in [-0.05, 0) is 37.3 Å². The van der Waals surface area contributed by atoms with Gasteiger partial charge in [0.25, 0.3) is 0 Å². The number of rotatable bonds is 4. The van der Waals surface area contributed by atoms with Gasteiger partial charge in [-0.3, -0.25) is 4.79 Å². The lowest BCUT2D eigenvalue weighted by atomic mass is 10.1. The van der Waals surface area contributed by atoms with Crippen LogP contribution < -0.4 is 5.69 Å². The molecule has 2 N–H and O–H groups in total. The molecule has 2 heterocycles. The highest BCUT2D eigenvalue weighted by atomic mass is 32.2. The average Bonchev–Trinajstić information content (AvgIpc) is 3.00. The number of aromatic nitrogens is 3. The van der Waals surface area contributed by atoms with Crippen molar-refractivity contribution >= 4 is 39.5 Å². The number of benzene rings is 2. The summed E-state index contributed by atoms with van der Waals surface area (Å²) in [5, 5.41) is 1.61. The van der Waals surface area contributed by atoms with Crippen molar-refractivity contribution in [1.82, 2.24) is 15.0 Å². The Bertz CT molecular complexity index is 1150. The highest BCUT2D eigenvalue weighted by molar-refractivity contribution is 8.00. The number of thioether (sulfide) groups is 1. The summed E-state index contributed by atoms with van der Waals surface area (Å²) < 4.78 is 0. The Morgan fingerprint density at radius 1 is 1.04 bits per heavy atom. The Balaban J connectivity index is 1.58. The van der Waals surface area contributed by atoms with E-state index in [9.17, 15) is 9.59 Å². The third kappa shape index (κ3) is 3.08. The Labute approximate surface area is 147 Å². The fourth-order valence-electron chi connectivity index (χ4n) is 2.77. The molecule has 25 heavy (non-hydrogen) atoms. The summed E-state index contributed by atoms with van der Waals surface area (Å²) in [4.78, 5) is 34.0. The minimum Gasteiger partial charge on any atom is -0.306 e. The number of hydrogen-bond acceptors (Lipinski definition) is 4. The van der Waals surface area contributed by atoms with Gasteiger partial charge < -0.3 is 9.97 Å². The monoisotopic (exact) mass is 349 g/mol. The first-order valence-electron chi connectivity index (χ1n) is 7.89. The smallest absolute Gasteiger partial charge is 0.306 e. The van der Waals surface area contributed by atoms with Crippen molar-refractivity contribution < 1.29 is 4.79 Å². The number of aromatic amines is 2. The molecule has 0 amide bonds. The molecule has 0 aliphatic carbocycles. The molecule has 0 aliphatic rings. The van der Waals surface area contributed by atoms with Gasteiger partial charge in [-0.15, -0.1) is 0 Å². The number of imidazole rings is 1. The summed E-state index contributed by atoms with van der Waals surface area (Å²) in [5.74, 6) is 0.00362. The minimum atomic E-state index is -0.281. The van der Waals surface area contributed by atoms with E-state index >= 15 is 0 Å². The first-order valence-corrected chi connectivity index (χ1v) is 8.77. The number of pyridine rings is 1. The fraction of sp³-hybridized carbons (Fsp3) is 0.105. The minimum absolute atomic E-state index is 0.00362. The zero-order valence-electron chi connectivity index (χ0n) is 13.4. The van der Waals surface area contributed by atoms with Crippen molar-refractivity contribution in [2.24, 2.45) is 0 Å². The zero-order chi connectivity index (χ0) is 17.4. The molecule has 5 nitrogen and oxygen atoms in total. The second-order valence-electron chi connectivity index (χ2n) is 5.81. The SMILES string of the molecule is C[C@H](Sc1ccc2ccccc2n1)C(=O)c1ccc2[nH]c(=O)[nH]c2c1. The average molecular weight is 349 g/mol. The van der Waals surface area contributed by atoms with E-state index in [-0.39, 0.29) is 16.7 Å². The maximum Gasteiger partial charge on any atom is 0.323 e. The van der Waals surface area contributed by atoms with E-state index in [1.165, 1.54) is 11.8 Å². The lowest BCUT2D eigenvalue weighted by molar-refractivity contribution is 0.0994. The molecule has 2 aromatic carbocycles. The van der Waals surface area contributed by atoms with Crippen molar-refractivity contribution in [2.45, 2.75) is 17.2 Å². The van der Waals surface area contributed by atoms with Gasteiger partial charge in [0.05, 0.1) is 26.8 Å². The number of Topliss-reactive ketones (excluding diaryl/α,β-unsaturated/α-hetero) is 1. The van der Waals surface area contributed by atoms with Gasteiger partial charge in [0.15, 0.2) is 5.78 Å². The summed E-state index contributed by atoms with van der Waals surface area (Å²) in [6.07, 6.45) is 0. The molecule has 6 heteroatoms. The van der Waals surface area contributed by atoms with Crippen LogP contribution in [0.5, 0.6) is 0 Å². The fourth-order valence-corrected chi connectivity index (χ4v) is 3.67. The number of carbonyl (C=O) groups is 1. The molecule has 4 aromatic rings. The highest BCUT2D eigenvalue weighted by Gasteiger charge is 2.18. The summed E-state index contributed by atoms with van der Waals surface area (Å²) in [6.45, 7) is 1.87. The number of carbonyl (C=O) groups excluding carboxylic acids is 1. The molecule has 0 unspecified atom stereocenters. The number of ketones is 1. The Morgan fingerprint density at radius 2 is 1.84 bits per heavy atom. The largest absolute Gasteiger partial charge is 0.323 e. The van der Waals surface area contributed by atoms with E-state index in [0.717, 1.165) is 15.9 Å². The number of para-hydroxylation sites is 1. The number of fused-ring (bicyclic) bond motifs is 2. The van der Waals surface area contributed by atoms with Crippen LogP contribution in [0.4, 0.5) is 0 Å². The van der Waals surface area contributed by atoms with Gasteiger partial charge in [0, 0.05) is 10.9 Å².